The first-order valence-electron chi connectivity index (χ1n) is 5.67. The van der Waals surface area contributed by atoms with Crippen molar-refractivity contribution < 1.29 is 4.79 Å². The number of nitrogens with one attached hydrogen (secondary N) is 2. The smallest absolute Gasteiger partial charge is 0.223 e. The van der Waals surface area contributed by atoms with Crippen LogP contribution in [-0.4, -0.2) is 50.6 Å². The molecule has 0 aromatic rings. The molecule has 0 spiro atoms. The van der Waals surface area contributed by atoms with Gasteiger partial charge in [0, 0.05) is 18.5 Å². The van der Waals surface area contributed by atoms with Gasteiger partial charge in [-0.3, -0.25) is 4.79 Å². The molecular formula is C11H25Cl2N3O. The van der Waals surface area contributed by atoms with E-state index in [2.05, 4.69) is 22.5 Å². The Morgan fingerprint density at radius 1 is 1.35 bits per heavy atom. The van der Waals surface area contributed by atoms with Crippen molar-refractivity contribution in [3.05, 3.63) is 0 Å². The lowest BCUT2D eigenvalue weighted by atomic mass is 9.88. The van der Waals surface area contributed by atoms with Crippen LogP contribution >= 0.6 is 24.8 Å². The van der Waals surface area contributed by atoms with Gasteiger partial charge >= 0.3 is 0 Å². The molecule has 1 fully saturated rings. The van der Waals surface area contributed by atoms with Gasteiger partial charge in [-0.1, -0.05) is 6.92 Å². The standard InChI is InChI=1S/C11H23N3O.2ClH/c1-8(14(3)4)5-13-11(15)9(2)10-6-12-7-10;;/h8-10,12H,5-7H2,1-4H3,(H,13,15);2*1H. The van der Waals surface area contributed by atoms with E-state index in [1.807, 2.05) is 21.0 Å². The summed E-state index contributed by atoms with van der Waals surface area (Å²) in [5, 5.41) is 6.20. The second kappa shape index (κ2) is 8.97. The first-order valence-corrected chi connectivity index (χ1v) is 5.67. The number of carbonyl (C=O) groups excluding carboxylic acids is 1. The van der Waals surface area contributed by atoms with Gasteiger partial charge in [-0.25, -0.2) is 0 Å². The van der Waals surface area contributed by atoms with Gasteiger partial charge in [0.25, 0.3) is 0 Å². The monoisotopic (exact) mass is 285 g/mol. The van der Waals surface area contributed by atoms with Crippen LogP contribution in [-0.2, 0) is 4.79 Å². The van der Waals surface area contributed by atoms with Gasteiger partial charge in [0.1, 0.15) is 0 Å². The molecule has 0 aromatic heterocycles. The van der Waals surface area contributed by atoms with Gasteiger partial charge < -0.3 is 15.5 Å². The summed E-state index contributed by atoms with van der Waals surface area (Å²) < 4.78 is 0. The highest BCUT2D eigenvalue weighted by Gasteiger charge is 2.28. The van der Waals surface area contributed by atoms with E-state index in [0.29, 0.717) is 12.0 Å². The van der Waals surface area contributed by atoms with Crippen LogP contribution < -0.4 is 10.6 Å². The van der Waals surface area contributed by atoms with Crippen molar-refractivity contribution in [1.29, 1.82) is 0 Å². The van der Waals surface area contributed by atoms with E-state index in [4.69, 9.17) is 0 Å². The van der Waals surface area contributed by atoms with Crippen molar-refractivity contribution in [1.82, 2.24) is 15.5 Å². The number of rotatable bonds is 5. The Morgan fingerprint density at radius 3 is 2.24 bits per heavy atom. The van der Waals surface area contributed by atoms with E-state index < -0.39 is 0 Å². The number of halogens is 2. The second-order valence-electron chi connectivity index (χ2n) is 4.76. The molecule has 2 unspecified atom stereocenters. The van der Waals surface area contributed by atoms with Crippen LogP contribution in [0.15, 0.2) is 0 Å². The Morgan fingerprint density at radius 2 is 1.88 bits per heavy atom. The molecule has 17 heavy (non-hydrogen) atoms. The molecule has 0 bridgehead atoms. The van der Waals surface area contributed by atoms with E-state index in [1.165, 1.54) is 0 Å². The molecule has 1 aliphatic heterocycles. The third kappa shape index (κ3) is 5.91. The lowest BCUT2D eigenvalue weighted by molar-refractivity contribution is -0.126. The van der Waals surface area contributed by atoms with Crippen molar-refractivity contribution in [2.24, 2.45) is 11.8 Å². The predicted molar refractivity (Wildman–Crippen MR) is 76.2 cm³/mol. The Balaban J connectivity index is 0. The zero-order chi connectivity index (χ0) is 11.4. The van der Waals surface area contributed by atoms with Crippen molar-refractivity contribution in [2.45, 2.75) is 19.9 Å². The van der Waals surface area contributed by atoms with Crippen LogP contribution in [0.2, 0.25) is 0 Å². The maximum Gasteiger partial charge on any atom is 0.223 e. The number of hydrogen-bond donors (Lipinski definition) is 2. The Hall–Kier alpha value is -0.0300. The number of nitrogens with zero attached hydrogens (tertiary/aromatic N) is 1. The van der Waals surface area contributed by atoms with E-state index >= 15 is 0 Å². The fourth-order valence-corrected chi connectivity index (χ4v) is 1.47. The van der Waals surface area contributed by atoms with Crippen LogP contribution in [0.25, 0.3) is 0 Å². The summed E-state index contributed by atoms with van der Waals surface area (Å²) in [5.41, 5.74) is 0. The molecule has 0 aromatic carbocycles. The summed E-state index contributed by atoms with van der Waals surface area (Å²) in [6, 6.07) is 0.390. The summed E-state index contributed by atoms with van der Waals surface area (Å²) in [7, 11) is 4.05. The minimum atomic E-state index is 0. The minimum absolute atomic E-state index is 0. The van der Waals surface area contributed by atoms with E-state index in [-0.39, 0.29) is 36.6 Å². The van der Waals surface area contributed by atoms with Crippen LogP contribution in [0.5, 0.6) is 0 Å². The lowest BCUT2D eigenvalue weighted by Gasteiger charge is -2.32. The molecule has 1 rings (SSSR count). The summed E-state index contributed by atoms with van der Waals surface area (Å²) >= 11 is 0. The highest BCUT2D eigenvalue weighted by molar-refractivity contribution is 5.85. The third-order valence-electron chi connectivity index (χ3n) is 3.39. The molecule has 0 radical (unpaired) electrons. The zero-order valence-corrected chi connectivity index (χ0v) is 12.7. The molecule has 104 valence electrons. The normalized spacial score (nSPS) is 18.4. The van der Waals surface area contributed by atoms with Gasteiger partial charge in [0.15, 0.2) is 0 Å². The third-order valence-corrected chi connectivity index (χ3v) is 3.39. The van der Waals surface area contributed by atoms with Gasteiger partial charge in [-0.05, 0) is 40.0 Å². The maximum absolute atomic E-state index is 11.7. The topological polar surface area (TPSA) is 44.4 Å². The van der Waals surface area contributed by atoms with Gasteiger partial charge in [-0.15, -0.1) is 24.8 Å². The average Bonchev–Trinajstić information content (AvgIpc) is 2.10. The second-order valence-corrected chi connectivity index (χ2v) is 4.76. The van der Waals surface area contributed by atoms with Crippen molar-refractivity contribution in [3.8, 4) is 0 Å². The fourth-order valence-electron chi connectivity index (χ4n) is 1.47. The Labute approximate surface area is 117 Å². The highest BCUT2D eigenvalue weighted by Crippen LogP contribution is 2.15. The highest BCUT2D eigenvalue weighted by atomic mass is 35.5. The molecule has 0 aliphatic carbocycles. The largest absolute Gasteiger partial charge is 0.354 e. The molecular weight excluding hydrogens is 261 g/mol. The molecule has 2 atom stereocenters. The molecule has 1 saturated heterocycles. The Bertz CT molecular complexity index is 223. The van der Waals surface area contributed by atoms with Crippen LogP contribution in [0.3, 0.4) is 0 Å². The van der Waals surface area contributed by atoms with Crippen LogP contribution in [0, 0.1) is 11.8 Å². The van der Waals surface area contributed by atoms with Crippen molar-refractivity contribution >= 4 is 30.7 Å². The number of likely N-dealkylation sites (N-methyl/N-ethyl adjacent to an activating group) is 1. The molecule has 1 amide bonds. The van der Waals surface area contributed by atoms with Crippen molar-refractivity contribution in [3.63, 3.8) is 0 Å². The number of hydrogen-bond acceptors (Lipinski definition) is 3. The lowest BCUT2D eigenvalue weighted by Crippen LogP contribution is -2.50. The van der Waals surface area contributed by atoms with Gasteiger partial charge in [-0.2, -0.15) is 0 Å². The predicted octanol–water partition coefficient (Wildman–Crippen LogP) is 0.752. The van der Waals surface area contributed by atoms with E-state index in [9.17, 15) is 4.79 Å². The first-order chi connectivity index (χ1) is 7.02. The van der Waals surface area contributed by atoms with E-state index in [1.54, 1.807) is 0 Å². The molecule has 2 N–H and O–H groups in total. The molecule has 6 heteroatoms. The molecule has 1 aliphatic rings. The van der Waals surface area contributed by atoms with Crippen LogP contribution in [0.4, 0.5) is 0 Å². The Kier molecular flexibility index (Phi) is 10.2. The quantitative estimate of drug-likeness (QED) is 0.784. The minimum Gasteiger partial charge on any atom is -0.354 e. The number of carbonyl (C=O) groups is 1. The first kappa shape index (κ1) is 19.3. The average molecular weight is 286 g/mol. The molecule has 1 heterocycles. The molecule has 4 nitrogen and oxygen atoms in total. The summed E-state index contributed by atoms with van der Waals surface area (Å²) in [4.78, 5) is 13.9. The summed E-state index contributed by atoms with van der Waals surface area (Å²) in [5.74, 6) is 0.857. The van der Waals surface area contributed by atoms with E-state index in [0.717, 1.165) is 19.6 Å². The fraction of sp³-hybridized carbons (Fsp3) is 0.909. The molecule has 0 saturated carbocycles. The SMILES string of the molecule is CC(C(=O)NCC(C)N(C)C)C1CNC1.Cl.Cl. The van der Waals surface area contributed by atoms with Gasteiger partial charge in [0.2, 0.25) is 5.91 Å². The van der Waals surface area contributed by atoms with Crippen LogP contribution in [0.1, 0.15) is 13.8 Å². The maximum atomic E-state index is 11.7. The summed E-state index contributed by atoms with van der Waals surface area (Å²) in [6.45, 7) is 6.82. The summed E-state index contributed by atoms with van der Waals surface area (Å²) in [6.07, 6.45) is 0. The van der Waals surface area contributed by atoms with Gasteiger partial charge in [0.05, 0.1) is 0 Å². The zero-order valence-electron chi connectivity index (χ0n) is 11.0. The van der Waals surface area contributed by atoms with Crippen molar-refractivity contribution in [2.75, 3.05) is 33.7 Å². The number of amides is 1.